The van der Waals surface area contributed by atoms with E-state index in [4.69, 9.17) is 19.2 Å². The topological polar surface area (TPSA) is 196 Å². The SMILES string of the molecule is COC(=O)N[C@@H](C(=O)N1CCC[C@H]1c1ncc(-c2ccc(C3=NC(c4cnc([C@@H]5CCCN5C(=O)[C@H](NC(=O)OC)C5CC5)[nH]4)CO3)cc2)[nH]1)C1CC1. The van der Waals surface area contributed by atoms with Gasteiger partial charge >= 0.3 is 12.2 Å². The van der Waals surface area contributed by atoms with Gasteiger partial charge in [-0.2, -0.15) is 0 Å². The summed E-state index contributed by atoms with van der Waals surface area (Å²) in [5.74, 6) is 2.04. The van der Waals surface area contributed by atoms with Crippen LogP contribution in [-0.4, -0.2) is 106 Å². The van der Waals surface area contributed by atoms with Crippen LogP contribution in [0.3, 0.4) is 0 Å². The predicted octanol–water partition coefficient (Wildman–Crippen LogP) is 3.91. The van der Waals surface area contributed by atoms with E-state index in [1.54, 1.807) is 12.4 Å². The summed E-state index contributed by atoms with van der Waals surface area (Å²) in [6, 6.07) is 6.03. The second-order valence-electron chi connectivity index (χ2n) is 14.5. The molecule has 16 nitrogen and oxygen atoms in total. The molecule has 0 spiro atoms. The van der Waals surface area contributed by atoms with Gasteiger partial charge in [0, 0.05) is 18.7 Å². The number of benzene rings is 1. The first-order valence-electron chi connectivity index (χ1n) is 18.5. The van der Waals surface area contributed by atoms with Crippen LogP contribution in [0, 0.1) is 11.8 Å². The average Bonchev–Trinajstić information content (AvgIpc) is 3.75. The molecule has 3 aromatic rings. The summed E-state index contributed by atoms with van der Waals surface area (Å²) < 4.78 is 15.6. The maximum absolute atomic E-state index is 13.6. The molecule has 3 aliphatic heterocycles. The number of likely N-dealkylation sites (tertiary alicyclic amines) is 2. The van der Waals surface area contributed by atoms with E-state index in [2.05, 4.69) is 30.6 Å². The molecule has 2 aromatic heterocycles. The highest BCUT2D eigenvalue weighted by atomic mass is 16.5. The normalized spacial score (nSPS) is 23.6. The van der Waals surface area contributed by atoms with Crippen LogP contribution in [0.5, 0.6) is 0 Å². The van der Waals surface area contributed by atoms with Gasteiger partial charge in [-0.3, -0.25) is 9.59 Å². The number of alkyl carbamates (subject to hydrolysis) is 2. The van der Waals surface area contributed by atoms with Crippen molar-refractivity contribution in [3.05, 3.63) is 59.6 Å². The first-order chi connectivity index (χ1) is 25.8. The number of nitrogens with one attached hydrogen (secondary N) is 4. The molecule has 53 heavy (non-hydrogen) atoms. The van der Waals surface area contributed by atoms with Crippen molar-refractivity contribution in [3.63, 3.8) is 0 Å². The molecule has 4 N–H and O–H groups in total. The molecule has 0 bridgehead atoms. The third-order valence-corrected chi connectivity index (χ3v) is 11.0. The molecule has 1 aromatic carbocycles. The molecule has 5 aliphatic rings. The molecule has 2 saturated heterocycles. The minimum atomic E-state index is -0.596. The van der Waals surface area contributed by atoms with Crippen molar-refractivity contribution in [2.24, 2.45) is 16.8 Å². The highest BCUT2D eigenvalue weighted by molar-refractivity contribution is 5.95. The van der Waals surface area contributed by atoms with Gasteiger partial charge in [0.15, 0.2) is 0 Å². The number of hydrogen-bond donors (Lipinski definition) is 4. The Balaban J connectivity index is 0.909. The summed E-state index contributed by atoms with van der Waals surface area (Å²) in [5.41, 5.74) is 3.41. The number of H-pyrrole nitrogens is 2. The van der Waals surface area contributed by atoms with Gasteiger partial charge in [0.1, 0.15) is 36.4 Å². The lowest BCUT2D eigenvalue weighted by molar-refractivity contribution is -0.135. The number of carbonyl (C=O) groups excluding carboxylic acids is 4. The van der Waals surface area contributed by atoms with E-state index in [9.17, 15) is 19.2 Å². The molecule has 5 heterocycles. The second-order valence-corrected chi connectivity index (χ2v) is 14.5. The van der Waals surface area contributed by atoms with Crippen LogP contribution < -0.4 is 10.6 Å². The molecule has 5 atom stereocenters. The van der Waals surface area contributed by atoms with Crippen LogP contribution in [0.1, 0.15) is 92.4 Å². The van der Waals surface area contributed by atoms with Gasteiger partial charge in [-0.15, -0.1) is 0 Å². The Bertz CT molecular complexity index is 1880. The van der Waals surface area contributed by atoms with Crippen molar-refractivity contribution in [2.45, 2.75) is 81.6 Å². The molecule has 0 radical (unpaired) electrons. The van der Waals surface area contributed by atoms with Crippen LogP contribution >= 0.6 is 0 Å². The molecule has 2 aliphatic carbocycles. The van der Waals surface area contributed by atoms with Gasteiger partial charge < -0.3 is 44.6 Å². The van der Waals surface area contributed by atoms with Crippen molar-refractivity contribution in [2.75, 3.05) is 33.9 Å². The second kappa shape index (κ2) is 14.5. The fraction of sp³-hybridized carbons (Fsp3) is 0.541. The summed E-state index contributed by atoms with van der Waals surface area (Å²) >= 11 is 0. The monoisotopic (exact) mass is 727 g/mol. The molecule has 8 rings (SSSR count). The number of rotatable bonds is 11. The van der Waals surface area contributed by atoms with E-state index < -0.39 is 24.3 Å². The van der Waals surface area contributed by atoms with E-state index in [0.29, 0.717) is 31.4 Å². The lowest BCUT2D eigenvalue weighted by atomic mass is 10.1. The van der Waals surface area contributed by atoms with Crippen molar-refractivity contribution >= 4 is 29.9 Å². The number of methoxy groups -OCH3 is 2. The summed E-state index contributed by atoms with van der Waals surface area (Å²) in [4.78, 5) is 75.7. The highest BCUT2D eigenvalue weighted by Gasteiger charge is 2.45. The molecular formula is C37H45N9O7. The zero-order valence-electron chi connectivity index (χ0n) is 29.9. The van der Waals surface area contributed by atoms with Crippen LogP contribution in [0.15, 0.2) is 41.7 Å². The summed E-state index contributed by atoms with van der Waals surface area (Å²) in [5, 5.41) is 5.49. The number of amides is 4. The van der Waals surface area contributed by atoms with E-state index in [-0.39, 0.29) is 41.8 Å². The molecule has 280 valence electrons. The summed E-state index contributed by atoms with van der Waals surface area (Å²) in [7, 11) is 2.60. The smallest absolute Gasteiger partial charge is 0.407 e. The van der Waals surface area contributed by atoms with Gasteiger partial charge in [-0.25, -0.2) is 24.5 Å². The number of ether oxygens (including phenoxy) is 3. The predicted molar refractivity (Wildman–Crippen MR) is 189 cm³/mol. The number of imidazole rings is 2. The number of aromatic nitrogens is 4. The minimum Gasteiger partial charge on any atom is -0.475 e. The zero-order chi connectivity index (χ0) is 36.6. The van der Waals surface area contributed by atoms with Crippen LogP contribution in [0.25, 0.3) is 11.3 Å². The van der Waals surface area contributed by atoms with Crippen LogP contribution in [0.4, 0.5) is 9.59 Å². The molecule has 1 unspecified atom stereocenters. The third-order valence-electron chi connectivity index (χ3n) is 11.0. The minimum absolute atomic E-state index is 0.0904. The Morgan fingerprint density at radius 3 is 1.83 bits per heavy atom. The first kappa shape index (κ1) is 34.7. The Morgan fingerprint density at radius 2 is 1.28 bits per heavy atom. The number of carbonyl (C=O) groups is 4. The van der Waals surface area contributed by atoms with E-state index >= 15 is 0 Å². The van der Waals surface area contributed by atoms with E-state index in [0.717, 1.165) is 79.7 Å². The summed E-state index contributed by atoms with van der Waals surface area (Å²) in [6.45, 7) is 1.57. The fourth-order valence-electron chi connectivity index (χ4n) is 7.81. The van der Waals surface area contributed by atoms with Gasteiger partial charge in [0.05, 0.1) is 50.1 Å². The molecule has 4 fully saturated rings. The summed E-state index contributed by atoms with van der Waals surface area (Å²) in [6.07, 6.45) is 9.26. The average molecular weight is 728 g/mol. The van der Waals surface area contributed by atoms with E-state index in [1.807, 2.05) is 34.1 Å². The molecule has 2 saturated carbocycles. The maximum atomic E-state index is 13.6. The van der Waals surface area contributed by atoms with Crippen molar-refractivity contribution < 1.29 is 33.4 Å². The number of aliphatic imine (C=N–C) groups is 1. The number of nitrogens with zero attached hydrogens (tertiary/aromatic N) is 5. The quantitative estimate of drug-likeness (QED) is 0.226. The lowest BCUT2D eigenvalue weighted by Gasteiger charge is -2.28. The van der Waals surface area contributed by atoms with Gasteiger partial charge in [0.2, 0.25) is 17.7 Å². The Morgan fingerprint density at radius 1 is 0.755 bits per heavy atom. The van der Waals surface area contributed by atoms with E-state index in [1.165, 1.54) is 14.2 Å². The van der Waals surface area contributed by atoms with Crippen molar-refractivity contribution in [1.82, 2.24) is 40.4 Å². The lowest BCUT2D eigenvalue weighted by Crippen LogP contribution is -2.49. The maximum Gasteiger partial charge on any atom is 0.407 e. The number of aromatic amines is 2. The fourth-order valence-corrected chi connectivity index (χ4v) is 7.81. The molecular weight excluding hydrogens is 682 g/mol. The van der Waals surface area contributed by atoms with Crippen molar-refractivity contribution in [3.8, 4) is 11.3 Å². The largest absolute Gasteiger partial charge is 0.475 e. The Kier molecular flexibility index (Phi) is 9.51. The van der Waals surface area contributed by atoms with Crippen LogP contribution in [0.2, 0.25) is 0 Å². The van der Waals surface area contributed by atoms with Crippen LogP contribution in [-0.2, 0) is 23.8 Å². The highest BCUT2D eigenvalue weighted by Crippen LogP contribution is 2.39. The third kappa shape index (κ3) is 7.18. The molecule has 16 heteroatoms. The van der Waals surface area contributed by atoms with Gasteiger partial charge in [0.25, 0.3) is 0 Å². The van der Waals surface area contributed by atoms with Gasteiger partial charge in [-0.05, 0) is 80.9 Å². The zero-order valence-corrected chi connectivity index (χ0v) is 29.9. The first-order valence-corrected chi connectivity index (χ1v) is 18.5. The Hall–Kier alpha value is -5.41. The molecule has 4 amide bonds. The van der Waals surface area contributed by atoms with Crippen molar-refractivity contribution in [1.29, 1.82) is 0 Å². The number of hydrogen-bond acceptors (Lipinski definition) is 10. The standard InChI is InChI=1S/C37H45N9O7/c1-51-36(49)43-29(21-9-10-21)34(47)45-15-3-5-27(45)31-38-17-24(40-31)20-7-13-23(14-8-20)33-42-26(19-53-33)25-18-39-32(41-25)28-6-4-16-46(28)35(48)30(22-11-12-22)44-37(50)52-2/h7-8,13-14,17-18,21-22,26-30H,3-6,9-12,15-16,19H2,1-2H3,(H,38,40)(H,39,41)(H,43,49)(H,44,50)/t26?,27-,28-,29+,30+/m0/s1. The van der Waals surface area contributed by atoms with Gasteiger partial charge in [-0.1, -0.05) is 12.1 Å². The Labute approximate surface area is 306 Å².